The average Bonchev–Trinajstić information content (AvgIpc) is 3.28. The van der Waals surface area contributed by atoms with Gasteiger partial charge in [-0.25, -0.2) is 0 Å². The molecule has 5 heteroatoms. The Morgan fingerprint density at radius 2 is 1.50 bits per heavy atom. The molecule has 0 aliphatic heterocycles. The smallest absolute Gasteiger partial charge is 0.309 e. The third-order valence-corrected chi connectivity index (χ3v) is 5.42. The predicted octanol–water partition coefficient (Wildman–Crippen LogP) is 4.22. The van der Waals surface area contributed by atoms with Gasteiger partial charge in [-0.3, -0.25) is 9.59 Å². The Labute approximate surface area is 145 Å². The van der Waals surface area contributed by atoms with E-state index in [1.165, 1.54) is 0 Å². The van der Waals surface area contributed by atoms with E-state index in [0.717, 1.165) is 70.6 Å². The summed E-state index contributed by atoms with van der Waals surface area (Å²) in [7, 11) is 0. The van der Waals surface area contributed by atoms with Crippen LogP contribution in [0.4, 0.5) is 0 Å². The zero-order chi connectivity index (χ0) is 18.2. The maximum absolute atomic E-state index is 11.1. The predicted molar refractivity (Wildman–Crippen MR) is 92.9 cm³/mol. The van der Waals surface area contributed by atoms with Crippen LogP contribution < -0.4 is 0 Å². The lowest BCUT2D eigenvalue weighted by atomic mass is 9.87. The van der Waals surface area contributed by atoms with Gasteiger partial charge >= 0.3 is 11.9 Å². The van der Waals surface area contributed by atoms with E-state index in [9.17, 15) is 14.7 Å². The van der Waals surface area contributed by atoms with Gasteiger partial charge < -0.3 is 15.3 Å². The van der Waals surface area contributed by atoms with Crippen LogP contribution in [0.3, 0.4) is 0 Å². The van der Waals surface area contributed by atoms with Crippen LogP contribution in [0.15, 0.2) is 0 Å². The number of unbranched alkanes of at least 4 members (excludes halogenated alkanes) is 4. The Bertz CT molecular complexity index is 412. The summed E-state index contributed by atoms with van der Waals surface area (Å²) in [5, 5.41) is 28.1. The van der Waals surface area contributed by atoms with Crippen molar-refractivity contribution in [3.8, 4) is 0 Å². The van der Waals surface area contributed by atoms with Crippen molar-refractivity contribution >= 4 is 11.9 Å². The highest BCUT2D eigenvalue weighted by Gasteiger charge is 2.49. The summed E-state index contributed by atoms with van der Waals surface area (Å²) >= 11 is 0. The molecule has 0 aromatic heterocycles. The molecule has 0 aromatic rings. The minimum absolute atomic E-state index is 0.291. The number of carboxylic acids is 2. The highest BCUT2D eigenvalue weighted by atomic mass is 16.4. The highest BCUT2D eigenvalue weighted by Crippen LogP contribution is 2.50. The van der Waals surface area contributed by atoms with E-state index in [4.69, 9.17) is 10.2 Å². The second kappa shape index (κ2) is 9.40. The molecule has 0 aromatic carbocycles. The summed E-state index contributed by atoms with van der Waals surface area (Å²) in [5.41, 5.74) is -1.08. The third kappa shape index (κ3) is 7.20. The number of aliphatic hydroxyl groups is 1. The van der Waals surface area contributed by atoms with Crippen molar-refractivity contribution in [2.75, 3.05) is 0 Å². The topological polar surface area (TPSA) is 94.8 Å². The molecule has 24 heavy (non-hydrogen) atoms. The van der Waals surface area contributed by atoms with Crippen molar-refractivity contribution in [3.05, 3.63) is 0 Å². The first-order valence-electron chi connectivity index (χ1n) is 9.34. The Hall–Kier alpha value is -1.10. The van der Waals surface area contributed by atoms with Crippen molar-refractivity contribution in [2.24, 2.45) is 10.8 Å². The minimum Gasteiger partial charge on any atom is -0.481 e. The van der Waals surface area contributed by atoms with Crippen molar-refractivity contribution in [3.63, 3.8) is 0 Å². The van der Waals surface area contributed by atoms with Crippen LogP contribution in [0, 0.1) is 10.8 Å². The first-order valence-corrected chi connectivity index (χ1v) is 9.34. The molecule has 1 fully saturated rings. The molecule has 0 spiro atoms. The SMILES string of the molecule is CC(C)(CCCCCCC(O)CCCCC1(C(=O)O)CC1)C(=O)O. The Balaban J connectivity index is 1.96. The number of carboxylic acid groups (broad SMARTS) is 2. The van der Waals surface area contributed by atoms with Gasteiger partial charge in [0.25, 0.3) is 0 Å². The first-order chi connectivity index (χ1) is 11.2. The van der Waals surface area contributed by atoms with Gasteiger partial charge in [0.05, 0.1) is 16.9 Å². The molecular weight excluding hydrogens is 308 g/mol. The zero-order valence-corrected chi connectivity index (χ0v) is 15.2. The van der Waals surface area contributed by atoms with Gasteiger partial charge in [-0.15, -0.1) is 0 Å². The van der Waals surface area contributed by atoms with Crippen LogP contribution in [-0.2, 0) is 9.59 Å². The second-order valence-corrected chi connectivity index (χ2v) is 8.13. The molecule has 3 N–H and O–H groups in total. The van der Waals surface area contributed by atoms with Crippen LogP contribution in [0.5, 0.6) is 0 Å². The molecule has 0 saturated heterocycles. The molecular formula is C19H34O5. The molecule has 140 valence electrons. The molecule has 5 nitrogen and oxygen atoms in total. The van der Waals surface area contributed by atoms with E-state index in [1.807, 2.05) is 0 Å². The zero-order valence-electron chi connectivity index (χ0n) is 15.2. The number of aliphatic carboxylic acids is 2. The summed E-state index contributed by atoms with van der Waals surface area (Å²) in [6, 6.07) is 0. The largest absolute Gasteiger partial charge is 0.481 e. The van der Waals surface area contributed by atoms with Crippen LogP contribution in [0.2, 0.25) is 0 Å². The Morgan fingerprint density at radius 3 is 2.00 bits per heavy atom. The number of hydrogen-bond acceptors (Lipinski definition) is 3. The molecule has 0 amide bonds. The number of hydrogen-bond donors (Lipinski definition) is 3. The van der Waals surface area contributed by atoms with Gasteiger partial charge in [0.15, 0.2) is 0 Å². The standard InChI is InChI=1S/C19H34O5/c1-18(2,16(21)22)11-7-4-3-5-9-15(20)10-6-8-12-19(13-14-19)17(23)24/h15,20H,3-14H2,1-2H3,(H,21,22)(H,23,24). The minimum atomic E-state index is -0.742. The fourth-order valence-corrected chi connectivity index (χ4v) is 3.12. The normalized spacial score (nSPS) is 17.5. The highest BCUT2D eigenvalue weighted by molar-refractivity contribution is 5.77. The molecule has 1 rings (SSSR count). The molecule has 0 bridgehead atoms. The van der Waals surface area contributed by atoms with E-state index in [2.05, 4.69) is 0 Å². The lowest BCUT2D eigenvalue weighted by Crippen LogP contribution is -2.23. The fraction of sp³-hybridized carbons (Fsp3) is 0.895. The van der Waals surface area contributed by atoms with Crippen LogP contribution >= 0.6 is 0 Å². The van der Waals surface area contributed by atoms with E-state index >= 15 is 0 Å². The molecule has 1 unspecified atom stereocenters. The van der Waals surface area contributed by atoms with E-state index < -0.39 is 22.8 Å². The summed E-state index contributed by atoms with van der Waals surface area (Å²) < 4.78 is 0. The molecule has 1 aliphatic rings. The van der Waals surface area contributed by atoms with Gasteiger partial charge in [0.2, 0.25) is 0 Å². The number of carbonyl (C=O) groups is 2. The maximum atomic E-state index is 11.1. The van der Waals surface area contributed by atoms with Gasteiger partial charge in [0.1, 0.15) is 0 Å². The summed E-state index contributed by atoms with van der Waals surface area (Å²) in [5.74, 6) is -1.40. The second-order valence-electron chi connectivity index (χ2n) is 8.13. The van der Waals surface area contributed by atoms with E-state index in [1.54, 1.807) is 13.8 Å². The van der Waals surface area contributed by atoms with Crippen LogP contribution in [-0.4, -0.2) is 33.4 Å². The van der Waals surface area contributed by atoms with Gasteiger partial charge in [0, 0.05) is 0 Å². The van der Waals surface area contributed by atoms with Crippen molar-refractivity contribution in [1.82, 2.24) is 0 Å². The lowest BCUT2D eigenvalue weighted by molar-refractivity contribution is -0.147. The third-order valence-electron chi connectivity index (χ3n) is 5.42. The summed E-state index contributed by atoms with van der Waals surface area (Å²) in [4.78, 5) is 22.0. The monoisotopic (exact) mass is 342 g/mol. The lowest BCUT2D eigenvalue weighted by Gasteiger charge is -2.18. The summed E-state index contributed by atoms with van der Waals surface area (Å²) in [6.45, 7) is 3.52. The summed E-state index contributed by atoms with van der Waals surface area (Å²) in [6.07, 6.45) is 9.97. The van der Waals surface area contributed by atoms with Crippen LogP contribution in [0.25, 0.3) is 0 Å². The molecule has 1 atom stereocenters. The molecule has 0 radical (unpaired) electrons. The van der Waals surface area contributed by atoms with Crippen molar-refractivity contribution in [1.29, 1.82) is 0 Å². The van der Waals surface area contributed by atoms with Gasteiger partial charge in [-0.05, 0) is 52.4 Å². The van der Waals surface area contributed by atoms with Crippen LogP contribution in [0.1, 0.15) is 90.9 Å². The van der Waals surface area contributed by atoms with Crippen molar-refractivity contribution < 1.29 is 24.9 Å². The number of aliphatic hydroxyl groups excluding tert-OH is 1. The maximum Gasteiger partial charge on any atom is 0.309 e. The van der Waals surface area contributed by atoms with Gasteiger partial charge in [-0.1, -0.05) is 38.5 Å². The molecule has 1 saturated carbocycles. The Morgan fingerprint density at radius 1 is 0.958 bits per heavy atom. The van der Waals surface area contributed by atoms with E-state index in [-0.39, 0.29) is 6.10 Å². The quantitative estimate of drug-likeness (QED) is 0.411. The average molecular weight is 342 g/mol. The fourth-order valence-electron chi connectivity index (χ4n) is 3.12. The first kappa shape index (κ1) is 20.9. The van der Waals surface area contributed by atoms with E-state index in [0.29, 0.717) is 6.42 Å². The molecule has 1 aliphatic carbocycles. The number of rotatable bonds is 14. The van der Waals surface area contributed by atoms with Crippen molar-refractivity contribution in [2.45, 2.75) is 97.0 Å². The van der Waals surface area contributed by atoms with Gasteiger partial charge in [-0.2, -0.15) is 0 Å². The molecule has 0 heterocycles. The Kier molecular flexibility index (Phi) is 8.20.